The lowest BCUT2D eigenvalue weighted by atomic mass is 10.5. The van der Waals surface area contributed by atoms with Crippen molar-refractivity contribution in [3.63, 3.8) is 0 Å². The Balaban J connectivity index is 0.000000181. The molecule has 7 nitrogen and oxygen atoms in total. The molecule has 0 amide bonds. The van der Waals surface area contributed by atoms with Crippen LogP contribution in [0.4, 0.5) is 0 Å². The Morgan fingerprint density at radius 3 is 2.47 bits per heavy atom. The van der Waals surface area contributed by atoms with E-state index in [0.717, 1.165) is 0 Å². The second-order valence-electron chi connectivity index (χ2n) is 2.71. The quantitative estimate of drug-likeness (QED) is 0.799. The monoisotopic (exact) mass is 240 g/mol. The highest BCUT2D eigenvalue weighted by Gasteiger charge is 2.08. The molecule has 17 heavy (non-hydrogen) atoms. The van der Waals surface area contributed by atoms with Gasteiger partial charge in [-0.2, -0.15) is 0 Å². The number of carbonyl (C=O) groups is 1. The van der Waals surface area contributed by atoms with Crippen LogP contribution in [-0.2, 0) is 11.3 Å². The summed E-state index contributed by atoms with van der Waals surface area (Å²) in [6, 6.07) is 0. The maximum absolute atomic E-state index is 10.7. The molecule has 2 aromatic heterocycles. The summed E-state index contributed by atoms with van der Waals surface area (Å²) in [7, 11) is 0. The lowest BCUT2D eigenvalue weighted by Gasteiger charge is -1.94. The number of esters is 1. The van der Waals surface area contributed by atoms with Gasteiger partial charge in [0, 0.05) is 0 Å². The molecule has 2 rings (SSSR count). The zero-order valence-corrected chi connectivity index (χ0v) is 9.20. The number of nitrogens with zero attached hydrogens (tertiary/aromatic N) is 2. The van der Waals surface area contributed by atoms with Crippen LogP contribution in [0.15, 0.2) is 34.0 Å². The Bertz CT molecular complexity index is 410. The van der Waals surface area contributed by atoms with Crippen molar-refractivity contribution in [1.29, 1.82) is 0 Å². The zero-order chi connectivity index (χ0) is 12.5. The van der Waals surface area contributed by atoms with Crippen LogP contribution in [0, 0.1) is 0 Å². The number of hydrogen-bond acceptors (Lipinski definition) is 7. The molecule has 0 fully saturated rings. The van der Waals surface area contributed by atoms with Crippen molar-refractivity contribution >= 4 is 5.97 Å². The summed E-state index contributed by atoms with van der Waals surface area (Å²) in [5, 5.41) is 8.29. The van der Waals surface area contributed by atoms with E-state index in [0.29, 0.717) is 12.4 Å². The van der Waals surface area contributed by atoms with Crippen LogP contribution in [0.3, 0.4) is 0 Å². The molecule has 2 heterocycles. The average Bonchev–Trinajstić information content (AvgIpc) is 3.03. The normalized spacial score (nSPS) is 9.29. The molecule has 0 radical (unpaired) electrons. The van der Waals surface area contributed by atoms with Gasteiger partial charge in [0.2, 0.25) is 5.76 Å². The van der Waals surface area contributed by atoms with Crippen molar-refractivity contribution in [2.24, 2.45) is 0 Å². The molecule has 0 aliphatic heterocycles. The summed E-state index contributed by atoms with van der Waals surface area (Å²) in [6.45, 7) is 2.01. The number of aliphatic hydroxyl groups excluding tert-OH is 1. The molecule has 0 aliphatic carbocycles. The first-order chi connectivity index (χ1) is 8.27. The van der Waals surface area contributed by atoms with E-state index in [9.17, 15) is 4.79 Å². The molecule has 0 saturated carbocycles. The minimum atomic E-state index is -0.472. The Labute approximate surface area is 97.1 Å². The summed E-state index contributed by atoms with van der Waals surface area (Å²) in [5.41, 5.74) is 0. The number of oxazole rings is 2. The fourth-order valence-electron chi connectivity index (χ4n) is 0.839. The molecule has 0 saturated heterocycles. The summed E-state index contributed by atoms with van der Waals surface area (Å²) in [5.74, 6) is 0.168. The third kappa shape index (κ3) is 4.47. The fraction of sp³-hybridized carbons (Fsp3) is 0.300. The lowest BCUT2D eigenvalue weighted by molar-refractivity contribution is 0.0490. The number of aromatic nitrogens is 2. The van der Waals surface area contributed by atoms with Crippen molar-refractivity contribution in [1.82, 2.24) is 9.97 Å². The Kier molecular flexibility index (Phi) is 5.45. The van der Waals surface area contributed by atoms with Crippen LogP contribution in [0.25, 0.3) is 0 Å². The molecular formula is C10H12N2O5. The van der Waals surface area contributed by atoms with Crippen LogP contribution in [0.1, 0.15) is 23.2 Å². The molecule has 0 atom stereocenters. The Morgan fingerprint density at radius 1 is 1.35 bits per heavy atom. The summed E-state index contributed by atoms with van der Waals surface area (Å²) in [4.78, 5) is 17.9. The first kappa shape index (κ1) is 12.9. The van der Waals surface area contributed by atoms with Gasteiger partial charge < -0.3 is 18.7 Å². The summed E-state index contributed by atoms with van der Waals surface area (Å²) < 4.78 is 13.9. The highest BCUT2D eigenvalue weighted by molar-refractivity contribution is 5.85. The van der Waals surface area contributed by atoms with Gasteiger partial charge in [-0.1, -0.05) is 0 Å². The van der Waals surface area contributed by atoms with E-state index >= 15 is 0 Å². The van der Waals surface area contributed by atoms with Crippen LogP contribution in [-0.4, -0.2) is 27.7 Å². The van der Waals surface area contributed by atoms with Gasteiger partial charge >= 0.3 is 5.97 Å². The van der Waals surface area contributed by atoms with Crippen molar-refractivity contribution in [2.75, 3.05) is 6.61 Å². The molecule has 2 aromatic rings. The van der Waals surface area contributed by atoms with Crippen molar-refractivity contribution in [2.45, 2.75) is 13.5 Å². The van der Waals surface area contributed by atoms with Gasteiger partial charge in [0.05, 0.1) is 19.0 Å². The van der Waals surface area contributed by atoms with Crippen molar-refractivity contribution in [3.8, 4) is 0 Å². The highest BCUT2D eigenvalue weighted by atomic mass is 16.5. The van der Waals surface area contributed by atoms with E-state index in [1.54, 1.807) is 6.92 Å². The lowest BCUT2D eigenvalue weighted by Crippen LogP contribution is -2.02. The molecule has 1 N–H and O–H groups in total. The van der Waals surface area contributed by atoms with Crippen LogP contribution in [0.2, 0.25) is 0 Å². The van der Waals surface area contributed by atoms with Gasteiger partial charge in [-0.05, 0) is 6.92 Å². The number of carbonyl (C=O) groups excluding carboxylic acids is 1. The number of rotatable bonds is 3. The molecule has 0 bridgehead atoms. The molecule has 0 spiro atoms. The van der Waals surface area contributed by atoms with Gasteiger partial charge in [-0.3, -0.25) is 0 Å². The average molecular weight is 240 g/mol. The summed E-state index contributed by atoms with van der Waals surface area (Å²) in [6.07, 6.45) is 5.26. The van der Waals surface area contributed by atoms with Crippen LogP contribution >= 0.6 is 0 Å². The van der Waals surface area contributed by atoms with E-state index in [4.69, 9.17) is 5.11 Å². The van der Waals surface area contributed by atoms with Gasteiger partial charge in [0.1, 0.15) is 12.4 Å². The number of aliphatic hydroxyl groups is 1. The largest absolute Gasteiger partial charge is 0.460 e. The molecule has 0 aromatic carbocycles. The smallest absolute Gasteiger partial charge is 0.375 e. The van der Waals surface area contributed by atoms with Crippen LogP contribution in [0.5, 0.6) is 0 Å². The third-order valence-electron chi connectivity index (χ3n) is 1.55. The standard InChI is InChI=1S/C6H7NO3.C4H5NO2/c1-2-9-6(8)5-3-7-4-10-5;6-2-4-1-5-3-7-4/h3-4H,2H2,1H3;1,3,6H,2H2. The summed E-state index contributed by atoms with van der Waals surface area (Å²) >= 11 is 0. The second kappa shape index (κ2) is 7.18. The second-order valence-corrected chi connectivity index (χ2v) is 2.71. The van der Waals surface area contributed by atoms with Crippen molar-refractivity contribution in [3.05, 3.63) is 36.7 Å². The van der Waals surface area contributed by atoms with Gasteiger partial charge in [-0.25, -0.2) is 14.8 Å². The van der Waals surface area contributed by atoms with Gasteiger partial charge in [0.15, 0.2) is 12.8 Å². The molecular weight excluding hydrogens is 228 g/mol. The van der Waals surface area contributed by atoms with Gasteiger partial charge in [0.25, 0.3) is 0 Å². The van der Waals surface area contributed by atoms with Gasteiger partial charge in [-0.15, -0.1) is 0 Å². The number of ether oxygens (including phenoxy) is 1. The van der Waals surface area contributed by atoms with E-state index in [2.05, 4.69) is 23.5 Å². The topological polar surface area (TPSA) is 98.6 Å². The Hall–Kier alpha value is -2.15. The maximum atomic E-state index is 10.7. The molecule has 7 heteroatoms. The zero-order valence-electron chi connectivity index (χ0n) is 9.20. The van der Waals surface area contributed by atoms with E-state index in [1.807, 2.05) is 0 Å². The minimum Gasteiger partial charge on any atom is -0.460 e. The maximum Gasteiger partial charge on any atom is 0.375 e. The predicted octanol–water partition coefficient (Wildman–Crippen LogP) is 1.02. The molecule has 92 valence electrons. The van der Waals surface area contributed by atoms with E-state index in [-0.39, 0.29) is 12.4 Å². The van der Waals surface area contributed by atoms with E-state index < -0.39 is 5.97 Å². The SMILES string of the molecule is CCOC(=O)c1cnco1.OCc1cnco1. The fourth-order valence-corrected chi connectivity index (χ4v) is 0.839. The van der Waals surface area contributed by atoms with Crippen molar-refractivity contribution < 1.29 is 23.5 Å². The predicted molar refractivity (Wildman–Crippen MR) is 54.9 cm³/mol. The number of hydrogen-bond donors (Lipinski definition) is 1. The minimum absolute atomic E-state index is 0.0694. The first-order valence-electron chi connectivity index (χ1n) is 4.81. The van der Waals surface area contributed by atoms with Crippen LogP contribution < -0.4 is 0 Å². The third-order valence-corrected chi connectivity index (χ3v) is 1.55. The Morgan fingerprint density at radius 2 is 2.06 bits per heavy atom. The molecule has 0 unspecified atom stereocenters. The first-order valence-corrected chi connectivity index (χ1v) is 4.81. The van der Waals surface area contributed by atoms with E-state index in [1.165, 1.54) is 25.2 Å². The highest BCUT2D eigenvalue weighted by Crippen LogP contribution is 1.98. The molecule has 0 aliphatic rings.